The Labute approximate surface area is 185 Å². The third-order valence-corrected chi connectivity index (χ3v) is 6.55. The molecule has 0 bridgehead atoms. The van der Waals surface area contributed by atoms with Gasteiger partial charge in [0.25, 0.3) is 0 Å². The third-order valence-electron chi connectivity index (χ3n) is 4.99. The highest BCUT2D eigenvalue weighted by Crippen LogP contribution is 2.27. The van der Waals surface area contributed by atoms with Gasteiger partial charge in [0.2, 0.25) is 15.9 Å². The molecule has 2 heterocycles. The van der Waals surface area contributed by atoms with Crippen LogP contribution < -0.4 is 10.0 Å². The van der Waals surface area contributed by atoms with E-state index in [1.807, 2.05) is 0 Å². The number of nitrogens with zero attached hydrogens (tertiary/aromatic N) is 2. The van der Waals surface area contributed by atoms with E-state index in [0.29, 0.717) is 22.8 Å². The lowest BCUT2D eigenvalue weighted by molar-refractivity contribution is -0.115. The summed E-state index contributed by atoms with van der Waals surface area (Å²) in [5.74, 6) is -0.712. The third kappa shape index (κ3) is 4.73. The van der Waals surface area contributed by atoms with Crippen LogP contribution in [0.2, 0.25) is 0 Å². The number of aromatic nitrogens is 2. The van der Waals surface area contributed by atoms with Gasteiger partial charge in [0, 0.05) is 35.8 Å². The lowest BCUT2D eigenvalue weighted by atomic mass is 10.1. The van der Waals surface area contributed by atoms with Crippen molar-refractivity contribution in [3.63, 3.8) is 0 Å². The molecule has 2 aromatic heterocycles. The first kappa shape index (κ1) is 23.2. The van der Waals surface area contributed by atoms with Crippen molar-refractivity contribution in [2.75, 3.05) is 18.5 Å². The molecule has 1 amide bonds. The summed E-state index contributed by atoms with van der Waals surface area (Å²) in [6.45, 7) is 4.45. The summed E-state index contributed by atoms with van der Waals surface area (Å²) in [6.07, 6.45) is 1.53. The second-order valence-electron chi connectivity index (χ2n) is 6.98. The predicted octanol–water partition coefficient (Wildman–Crippen LogP) is 2.39. The van der Waals surface area contributed by atoms with E-state index in [1.165, 1.54) is 6.20 Å². The van der Waals surface area contributed by atoms with Gasteiger partial charge in [-0.2, -0.15) is 0 Å². The van der Waals surface area contributed by atoms with Gasteiger partial charge < -0.3 is 19.1 Å². The van der Waals surface area contributed by atoms with Gasteiger partial charge >= 0.3 is 5.97 Å². The maximum absolute atomic E-state index is 13.0. The van der Waals surface area contributed by atoms with Gasteiger partial charge in [-0.15, -0.1) is 0 Å². The molecule has 0 spiro atoms. The van der Waals surface area contributed by atoms with Crippen LogP contribution in [0, 0.1) is 13.8 Å². The normalized spacial score (nSPS) is 11.4. The van der Waals surface area contributed by atoms with Crippen LogP contribution in [0.1, 0.15) is 28.7 Å². The number of esters is 1. The molecule has 1 aromatic carbocycles. The van der Waals surface area contributed by atoms with Crippen molar-refractivity contribution in [1.82, 2.24) is 14.4 Å². The number of hydrogen-bond donors (Lipinski definition) is 2. The standard InChI is InChI=1S/C21H24N4O6S/c1-5-30-21(27)19-13(2)25(4)14(3)20(19)32(28,29)23-12-18(26)24-16-8-6-15(7-9-16)17-10-11-22-31-17/h6-11,23H,5,12H2,1-4H3,(H,24,26). The Balaban J connectivity index is 1.72. The predicted molar refractivity (Wildman–Crippen MR) is 117 cm³/mol. The summed E-state index contributed by atoms with van der Waals surface area (Å²) in [5, 5.41) is 6.26. The first-order valence-electron chi connectivity index (χ1n) is 9.79. The average Bonchev–Trinajstić information content (AvgIpc) is 3.37. The van der Waals surface area contributed by atoms with Crippen molar-refractivity contribution in [3.05, 3.63) is 53.5 Å². The van der Waals surface area contributed by atoms with E-state index in [-0.39, 0.29) is 17.1 Å². The number of hydrogen-bond acceptors (Lipinski definition) is 7. The van der Waals surface area contributed by atoms with E-state index in [4.69, 9.17) is 9.26 Å². The van der Waals surface area contributed by atoms with Crippen LogP contribution in [0.3, 0.4) is 0 Å². The highest BCUT2D eigenvalue weighted by atomic mass is 32.2. The van der Waals surface area contributed by atoms with Crippen LogP contribution in [0.15, 0.2) is 45.9 Å². The maximum Gasteiger partial charge on any atom is 0.341 e. The molecule has 170 valence electrons. The molecule has 0 aliphatic carbocycles. The van der Waals surface area contributed by atoms with E-state index in [1.54, 1.807) is 62.7 Å². The summed E-state index contributed by atoms with van der Waals surface area (Å²) >= 11 is 0. The van der Waals surface area contributed by atoms with Gasteiger partial charge in [0.1, 0.15) is 10.5 Å². The van der Waals surface area contributed by atoms with Crippen LogP contribution in [0.25, 0.3) is 11.3 Å². The van der Waals surface area contributed by atoms with Crippen molar-refractivity contribution in [2.45, 2.75) is 25.7 Å². The summed E-state index contributed by atoms with van der Waals surface area (Å²) in [5.41, 5.74) is 2.04. The Bertz CT molecular complexity index is 1230. The zero-order valence-corrected chi connectivity index (χ0v) is 18.9. The first-order chi connectivity index (χ1) is 15.2. The second kappa shape index (κ2) is 9.37. The van der Waals surface area contributed by atoms with Crippen molar-refractivity contribution in [3.8, 4) is 11.3 Å². The molecular formula is C21H24N4O6S. The zero-order chi connectivity index (χ0) is 23.5. The Morgan fingerprint density at radius 1 is 1.12 bits per heavy atom. The molecule has 3 aromatic rings. The van der Waals surface area contributed by atoms with E-state index in [2.05, 4.69) is 15.2 Å². The second-order valence-corrected chi connectivity index (χ2v) is 8.68. The van der Waals surface area contributed by atoms with Gasteiger partial charge in [-0.3, -0.25) is 4.79 Å². The number of amides is 1. The minimum Gasteiger partial charge on any atom is -0.462 e. The molecule has 0 atom stereocenters. The summed E-state index contributed by atoms with van der Waals surface area (Å²) in [6, 6.07) is 8.51. The van der Waals surface area contributed by atoms with Crippen LogP contribution in [0.5, 0.6) is 0 Å². The van der Waals surface area contributed by atoms with Gasteiger partial charge in [-0.1, -0.05) is 5.16 Å². The van der Waals surface area contributed by atoms with Crippen molar-refractivity contribution >= 4 is 27.6 Å². The van der Waals surface area contributed by atoms with Crippen molar-refractivity contribution in [1.29, 1.82) is 0 Å². The van der Waals surface area contributed by atoms with Crippen molar-refractivity contribution in [2.24, 2.45) is 7.05 Å². The molecular weight excluding hydrogens is 436 g/mol. The quantitative estimate of drug-likeness (QED) is 0.493. The van der Waals surface area contributed by atoms with Gasteiger partial charge in [-0.05, 0) is 45.0 Å². The molecule has 0 saturated carbocycles. The van der Waals surface area contributed by atoms with E-state index in [0.717, 1.165) is 5.56 Å². The minimum atomic E-state index is -4.16. The number of anilines is 1. The SMILES string of the molecule is CCOC(=O)c1c(S(=O)(=O)NCC(=O)Nc2ccc(-c3ccno3)cc2)c(C)n(C)c1C. The molecule has 0 aliphatic heterocycles. The molecule has 10 nitrogen and oxygen atoms in total. The summed E-state index contributed by atoms with van der Waals surface area (Å²) < 4.78 is 39.9. The topological polar surface area (TPSA) is 133 Å². The number of rotatable bonds is 8. The van der Waals surface area contributed by atoms with E-state index in [9.17, 15) is 18.0 Å². The first-order valence-corrected chi connectivity index (χ1v) is 11.3. The number of carbonyl (C=O) groups excluding carboxylic acids is 2. The number of carbonyl (C=O) groups is 2. The molecule has 0 radical (unpaired) electrons. The Hall–Kier alpha value is -3.44. The number of sulfonamides is 1. The Kier molecular flexibility index (Phi) is 6.80. The number of benzene rings is 1. The lowest BCUT2D eigenvalue weighted by Gasteiger charge is -2.10. The number of nitrogens with one attached hydrogen (secondary N) is 2. The molecule has 32 heavy (non-hydrogen) atoms. The van der Waals surface area contributed by atoms with Crippen LogP contribution in [-0.2, 0) is 26.6 Å². The number of ether oxygens (including phenoxy) is 1. The Morgan fingerprint density at radius 2 is 1.81 bits per heavy atom. The molecule has 3 rings (SSSR count). The molecule has 2 N–H and O–H groups in total. The van der Waals surface area contributed by atoms with Gasteiger partial charge in [0.05, 0.1) is 19.3 Å². The molecule has 0 aliphatic rings. The highest BCUT2D eigenvalue weighted by Gasteiger charge is 2.31. The lowest BCUT2D eigenvalue weighted by Crippen LogP contribution is -2.33. The fourth-order valence-corrected chi connectivity index (χ4v) is 4.70. The van der Waals surface area contributed by atoms with Gasteiger partial charge in [0.15, 0.2) is 5.76 Å². The van der Waals surface area contributed by atoms with Crippen molar-refractivity contribution < 1.29 is 27.3 Å². The van der Waals surface area contributed by atoms with Crippen LogP contribution in [0.4, 0.5) is 5.69 Å². The fraction of sp³-hybridized carbons (Fsp3) is 0.286. The molecule has 11 heteroatoms. The van der Waals surface area contributed by atoms with Crippen LogP contribution in [-0.4, -0.2) is 43.2 Å². The summed E-state index contributed by atoms with van der Waals surface area (Å²) in [7, 11) is -2.51. The zero-order valence-electron chi connectivity index (χ0n) is 18.1. The molecule has 0 fully saturated rings. The minimum absolute atomic E-state index is 0.0391. The van der Waals surface area contributed by atoms with E-state index >= 15 is 0 Å². The van der Waals surface area contributed by atoms with Crippen LogP contribution >= 0.6 is 0 Å². The Morgan fingerprint density at radius 3 is 2.41 bits per heavy atom. The maximum atomic E-state index is 13.0. The van der Waals surface area contributed by atoms with E-state index < -0.39 is 28.4 Å². The average molecular weight is 461 g/mol. The monoisotopic (exact) mass is 460 g/mol. The molecule has 0 unspecified atom stereocenters. The summed E-state index contributed by atoms with van der Waals surface area (Å²) in [4.78, 5) is 24.5. The largest absolute Gasteiger partial charge is 0.462 e. The smallest absolute Gasteiger partial charge is 0.341 e. The molecule has 0 saturated heterocycles. The van der Waals surface area contributed by atoms with Gasteiger partial charge in [-0.25, -0.2) is 17.9 Å². The highest BCUT2D eigenvalue weighted by molar-refractivity contribution is 7.89. The fourth-order valence-electron chi connectivity index (χ4n) is 3.21.